The van der Waals surface area contributed by atoms with E-state index in [1.165, 1.54) is 0 Å². The Kier molecular flexibility index (Phi) is 8.09. The third-order valence-corrected chi connectivity index (χ3v) is 4.84. The average molecular weight is 426 g/mol. The summed E-state index contributed by atoms with van der Waals surface area (Å²) in [6.45, 7) is 3.94. The van der Waals surface area contributed by atoms with Crippen molar-refractivity contribution in [2.75, 3.05) is 5.32 Å². The molecule has 0 aliphatic carbocycles. The molecule has 0 atom stereocenters. The van der Waals surface area contributed by atoms with Gasteiger partial charge in [0.2, 0.25) is 11.8 Å². The Morgan fingerprint density at radius 2 is 1.50 bits per heavy atom. The van der Waals surface area contributed by atoms with Gasteiger partial charge in [-0.2, -0.15) is 5.10 Å². The highest BCUT2D eigenvalue weighted by Crippen LogP contribution is 2.16. The monoisotopic (exact) mass is 425 g/mol. The third-order valence-electron chi connectivity index (χ3n) is 4.84. The van der Waals surface area contributed by atoms with Crippen LogP contribution >= 0.6 is 0 Å². The maximum atomic E-state index is 12.3. The number of rotatable bonds is 8. The van der Waals surface area contributed by atoms with E-state index in [1.807, 2.05) is 105 Å². The molecule has 0 saturated carbocycles. The minimum atomic E-state index is -0.317. The number of amides is 2. The SMILES string of the molecule is Cc1ccc(NC(=O)CCC(=O)N/N=C(\C=C/c2ccccc2)c2ccccc2)c(C)c1. The van der Waals surface area contributed by atoms with E-state index in [2.05, 4.69) is 15.8 Å². The Labute approximate surface area is 188 Å². The molecule has 0 aliphatic heterocycles. The number of aryl methyl sites for hydroxylation is 2. The number of nitrogens with one attached hydrogen (secondary N) is 2. The minimum Gasteiger partial charge on any atom is -0.326 e. The van der Waals surface area contributed by atoms with Gasteiger partial charge in [0.05, 0.1) is 5.71 Å². The maximum Gasteiger partial charge on any atom is 0.240 e. The second-order valence-corrected chi connectivity index (χ2v) is 7.51. The molecule has 0 unspecified atom stereocenters. The van der Waals surface area contributed by atoms with Crippen molar-refractivity contribution in [3.05, 3.63) is 107 Å². The fourth-order valence-electron chi connectivity index (χ4n) is 3.12. The zero-order valence-corrected chi connectivity index (χ0v) is 18.3. The average Bonchev–Trinajstić information content (AvgIpc) is 2.81. The van der Waals surface area contributed by atoms with E-state index in [1.54, 1.807) is 0 Å². The number of nitrogens with zero attached hydrogens (tertiary/aromatic N) is 1. The van der Waals surface area contributed by atoms with E-state index in [9.17, 15) is 9.59 Å². The second-order valence-electron chi connectivity index (χ2n) is 7.51. The number of anilines is 1. The number of benzene rings is 3. The van der Waals surface area contributed by atoms with Crippen molar-refractivity contribution in [1.82, 2.24) is 5.43 Å². The topological polar surface area (TPSA) is 70.6 Å². The summed E-state index contributed by atoms with van der Waals surface area (Å²) in [5.74, 6) is -0.523. The fraction of sp³-hybridized carbons (Fsp3) is 0.148. The fourth-order valence-corrected chi connectivity index (χ4v) is 3.12. The van der Waals surface area contributed by atoms with Gasteiger partial charge >= 0.3 is 0 Å². The summed E-state index contributed by atoms with van der Waals surface area (Å²) in [5, 5.41) is 7.15. The van der Waals surface area contributed by atoms with Gasteiger partial charge in [0.1, 0.15) is 0 Å². The first-order valence-corrected chi connectivity index (χ1v) is 10.5. The molecule has 3 rings (SSSR count). The molecule has 0 heterocycles. The molecule has 0 aromatic heterocycles. The normalized spacial score (nSPS) is 11.4. The second kappa shape index (κ2) is 11.4. The van der Waals surface area contributed by atoms with Gasteiger partial charge in [0, 0.05) is 24.1 Å². The standard InChI is InChI=1S/C27H27N3O2/c1-20-13-15-24(21(2)19-20)28-26(31)17-18-27(32)30-29-25(23-11-7-4-8-12-23)16-14-22-9-5-3-6-10-22/h3-16,19H,17-18H2,1-2H3,(H,28,31)(H,30,32)/b16-14-,29-25+. The van der Waals surface area contributed by atoms with Crippen LogP contribution in [-0.4, -0.2) is 17.5 Å². The quantitative estimate of drug-likeness (QED) is 0.382. The van der Waals surface area contributed by atoms with Crippen molar-refractivity contribution in [2.45, 2.75) is 26.7 Å². The molecule has 32 heavy (non-hydrogen) atoms. The van der Waals surface area contributed by atoms with E-state index in [0.717, 1.165) is 27.9 Å². The molecule has 2 N–H and O–H groups in total. The van der Waals surface area contributed by atoms with Gasteiger partial charge in [-0.15, -0.1) is 0 Å². The number of hydrogen-bond acceptors (Lipinski definition) is 3. The van der Waals surface area contributed by atoms with Crippen LogP contribution in [0, 0.1) is 13.8 Å². The van der Waals surface area contributed by atoms with Crippen molar-refractivity contribution in [1.29, 1.82) is 0 Å². The van der Waals surface area contributed by atoms with Crippen LogP contribution in [0.15, 0.2) is 90.0 Å². The lowest BCUT2D eigenvalue weighted by Crippen LogP contribution is -2.22. The summed E-state index contributed by atoms with van der Waals surface area (Å²) in [6.07, 6.45) is 3.92. The third kappa shape index (κ3) is 7.06. The lowest BCUT2D eigenvalue weighted by molar-refractivity contribution is -0.124. The Hall–Kier alpha value is -3.99. The predicted octanol–water partition coefficient (Wildman–Crippen LogP) is 5.26. The van der Waals surface area contributed by atoms with Crippen LogP contribution in [0.5, 0.6) is 0 Å². The van der Waals surface area contributed by atoms with Crippen molar-refractivity contribution in [3.63, 3.8) is 0 Å². The predicted molar refractivity (Wildman–Crippen MR) is 130 cm³/mol. The molecular weight excluding hydrogens is 398 g/mol. The van der Waals surface area contributed by atoms with Crippen molar-refractivity contribution in [3.8, 4) is 0 Å². The van der Waals surface area contributed by atoms with E-state index in [0.29, 0.717) is 5.71 Å². The first-order chi connectivity index (χ1) is 15.5. The molecule has 5 heteroatoms. The Bertz CT molecular complexity index is 1120. The van der Waals surface area contributed by atoms with Crippen LogP contribution in [0.25, 0.3) is 6.08 Å². The number of carbonyl (C=O) groups is 2. The molecule has 0 fully saturated rings. The highest BCUT2D eigenvalue weighted by molar-refractivity contribution is 6.11. The molecule has 0 spiro atoms. The van der Waals surface area contributed by atoms with Gasteiger partial charge in [0.25, 0.3) is 0 Å². The molecule has 0 saturated heterocycles. The van der Waals surface area contributed by atoms with Crippen molar-refractivity contribution in [2.24, 2.45) is 5.10 Å². The smallest absolute Gasteiger partial charge is 0.240 e. The van der Waals surface area contributed by atoms with E-state index < -0.39 is 0 Å². The molecule has 0 aliphatic rings. The van der Waals surface area contributed by atoms with Crippen LogP contribution in [0.3, 0.4) is 0 Å². The Morgan fingerprint density at radius 1 is 0.844 bits per heavy atom. The van der Waals surface area contributed by atoms with Crippen molar-refractivity contribution >= 4 is 29.3 Å². The molecule has 0 bridgehead atoms. The summed E-state index contributed by atoms with van der Waals surface area (Å²) in [6, 6.07) is 25.3. The van der Waals surface area contributed by atoms with Gasteiger partial charge in [-0.1, -0.05) is 84.4 Å². The summed E-state index contributed by atoms with van der Waals surface area (Å²) >= 11 is 0. The highest BCUT2D eigenvalue weighted by Gasteiger charge is 2.09. The van der Waals surface area contributed by atoms with Crippen LogP contribution in [-0.2, 0) is 9.59 Å². The largest absolute Gasteiger partial charge is 0.326 e. The van der Waals surface area contributed by atoms with E-state index in [4.69, 9.17) is 0 Å². The Morgan fingerprint density at radius 3 is 2.19 bits per heavy atom. The lowest BCUT2D eigenvalue weighted by Gasteiger charge is -2.09. The number of hydrazone groups is 1. The van der Waals surface area contributed by atoms with Gasteiger partial charge in [-0.25, -0.2) is 5.43 Å². The number of hydrogen-bond donors (Lipinski definition) is 2. The first kappa shape index (κ1) is 22.7. The Balaban J connectivity index is 1.60. The van der Waals surface area contributed by atoms with Crippen LogP contribution in [0.4, 0.5) is 5.69 Å². The van der Waals surface area contributed by atoms with Crippen LogP contribution < -0.4 is 10.7 Å². The molecule has 0 radical (unpaired) electrons. The first-order valence-electron chi connectivity index (χ1n) is 10.5. The molecule has 3 aromatic rings. The summed E-state index contributed by atoms with van der Waals surface area (Å²) in [4.78, 5) is 24.5. The molecule has 5 nitrogen and oxygen atoms in total. The van der Waals surface area contributed by atoms with Crippen LogP contribution in [0.1, 0.15) is 35.1 Å². The molecule has 3 aromatic carbocycles. The summed E-state index contributed by atoms with van der Waals surface area (Å²) in [5.41, 5.74) is 8.00. The van der Waals surface area contributed by atoms with E-state index in [-0.39, 0.29) is 24.7 Å². The molecule has 2 amide bonds. The summed E-state index contributed by atoms with van der Waals surface area (Å²) in [7, 11) is 0. The maximum absolute atomic E-state index is 12.3. The van der Waals surface area contributed by atoms with Gasteiger partial charge in [0.15, 0.2) is 0 Å². The molecular formula is C27H27N3O2. The van der Waals surface area contributed by atoms with Gasteiger partial charge < -0.3 is 5.32 Å². The number of allylic oxidation sites excluding steroid dienone is 1. The van der Waals surface area contributed by atoms with Crippen molar-refractivity contribution < 1.29 is 9.59 Å². The minimum absolute atomic E-state index is 0.0463. The zero-order chi connectivity index (χ0) is 22.8. The van der Waals surface area contributed by atoms with Gasteiger partial charge in [-0.05, 0) is 37.1 Å². The zero-order valence-electron chi connectivity index (χ0n) is 18.3. The van der Waals surface area contributed by atoms with Gasteiger partial charge in [-0.3, -0.25) is 9.59 Å². The lowest BCUT2D eigenvalue weighted by atomic mass is 10.1. The highest BCUT2D eigenvalue weighted by atomic mass is 16.2. The summed E-state index contributed by atoms with van der Waals surface area (Å²) < 4.78 is 0. The van der Waals surface area contributed by atoms with E-state index >= 15 is 0 Å². The van der Waals surface area contributed by atoms with Crippen LogP contribution in [0.2, 0.25) is 0 Å². The molecule has 162 valence electrons. The number of carbonyl (C=O) groups excluding carboxylic acids is 2.